The monoisotopic (exact) mass is 260 g/mol. The normalized spacial score (nSPS) is 10.2. The number of amides is 1. The van der Waals surface area contributed by atoms with Crippen molar-refractivity contribution >= 4 is 17.3 Å². The molecule has 0 aliphatic carbocycles. The molecule has 0 aliphatic rings. The van der Waals surface area contributed by atoms with Crippen LogP contribution in [-0.2, 0) is 6.54 Å². The number of nitrogens with one attached hydrogen (secondary N) is 2. The highest BCUT2D eigenvalue weighted by Gasteiger charge is 2.10. The number of hydrogen-bond acceptors (Lipinski definition) is 5. The van der Waals surface area contributed by atoms with Crippen molar-refractivity contribution < 1.29 is 4.79 Å². The Labute approximate surface area is 110 Å². The van der Waals surface area contributed by atoms with Crippen LogP contribution in [0.5, 0.6) is 0 Å². The molecule has 0 bridgehead atoms. The first kappa shape index (κ1) is 12.9. The van der Waals surface area contributed by atoms with Crippen molar-refractivity contribution in [3.63, 3.8) is 0 Å². The fourth-order valence-electron chi connectivity index (χ4n) is 1.60. The summed E-state index contributed by atoms with van der Waals surface area (Å²) < 4.78 is 0. The van der Waals surface area contributed by atoms with Crippen molar-refractivity contribution in [2.45, 2.75) is 6.54 Å². The quantitative estimate of drug-likeness (QED) is 0.703. The van der Waals surface area contributed by atoms with Gasteiger partial charge in [0.1, 0.15) is 12.2 Å². The maximum atomic E-state index is 11.9. The van der Waals surface area contributed by atoms with Gasteiger partial charge in [-0.2, -0.15) is 5.10 Å². The summed E-state index contributed by atoms with van der Waals surface area (Å²) in [5.41, 5.74) is 7.73. The summed E-state index contributed by atoms with van der Waals surface area (Å²) in [5, 5.41) is 9.62. The van der Waals surface area contributed by atoms with Crippen LogP contribution in [0.4, 0.5) is 11.4 Å². The number of nitrogen functional groups attached to an aromatic ring is 1. The Bertz CT molecular complexity index is 564. The number of hydrogen-bond donors (Lipinski definition) is 3. The average Bonchev–Trinajstić information content (AvgIpc) is 2.90. The summed E-state index contributed by atoms with van der Waals surface area (Å²) in [6.07, 6.45) is 1.44. The van der Waals surface area contributed by atoms with Crippen molar-refractivity contribution in [2.75, 3.05) is 25.1 Å². The zero-order chi connectivity index (χ0) is 13.8. The molecular weight excluding hydrogens is 244 g/mol. The third-order valence-corrected chi connectivity index (χ3v) is 2.62. The van der Waals surface area contributed by atoms with Crippen LogP contribution in [0, 0.1) is 0 Å². The zero-order valence-corrected chi connectivity index (χ0v) is 10.8. The third-order valence-electron chi connectivity index (χ3n) is 2.62. The Morgan fingerprint density at radius 3 is 2.89 bits per heavy atom. The topological polar surface area (TPSA) is 99.9 Å². The van der Waals surface area contributed by atoms with E-state index in [9.17, 15) is 4.79 Å². The predicted octanol–water partition coefficient (Wildman–Crippen LogP) is 0.701. The SMILES string of the molecule is CN(C)C(=O)c1ccc(N)c(NCc2ncn[nH]2)c1. The third kappa shape index (κ3) is 3.01. The molecule has 1 aromatic heterocycles. The molecule has 0 spiro atoms. The van der Waals surface area contributed by atoms with Gasteiger partial charge in [0.15, 0.2) is 0 Å². The highest BCUT2D eigenvalue weighted by molar-refractivity contribution is 5.95. The van der Waals surface area contributed by atoms with Gasteiger partial charge in [-0.25, -0.2) is 4.98 Å². The molecule has 1 aromatic carbocycles. The number of nitrogens with two attached hydrogens (primary N) is 1. The predicted molar refractivity (Wildman–Crippen MR) is 72.6 cm³/mol. The minimum Gasteiger partial charge on any atom is -0.397 e. The van der Waals surface area contributed by atoms with Crippen LogP contribution in [0.1, 0.15) is 16.2 Å². The molecule has 0 fully saturated rings. The van der Waals surface area contributed by atoms with Gasteiger partial charge in [-0.05, 0) is 18.2 Å². The lowest BCUT2D eigenvalue weighted by Gasteiger charge is -2.13. The fraction of sp³-hybridized carbons (Fsp3) is 0.250. The Hall–Kier alpha value is -2.57. The molecule has 0 saturated carbocycles. The minimum absolute atomic E-state index is 0.0669. The first-order valence-corrected chi connectivity index (χ1v) is 5.77. The molecule has 0 atom stereocenters. The van der Waals surface area contributed by atoms with E-state index in [4.69, 9.17) is 5.73 Å². The highest BCUT2D eigenvalue weighted by Crippen LogP contribution is 2.21. The largest absolute Gasteiger partial charge is 0.397 e. The number of H-pyrrole nitrogens is 1. The standard InChI is InChI=1S/C12H16N6O/c1-18(2)12(19)8-3-4-9(13)10(5-8)14-6-11-15-7-16-17-11/h3-5,7,14H,6,13H2,1-2H3,(H,15,16,17). The molecule has 100 valence electrons. The van der Waals surface area contributed by atoms with Gasteiger partial charge in [0.2, 0.25) is 0 Å². The second-order valence-corrected chi connectivity index (χ2v) is 4.29. The van der Waals surface area contributed by atoms with Crippen LogP contribution < -0.4 is 11.1 Å². The van der Waals surface area contributed by atoms with Crippen LogP contribution in [0.2, 0.25) is 0 Å². The smallest absolute Gasteiger partial charge is 0.253 e. The maximum Gasteiger partial charge on any atom is 0.253 e. The Morgan fingerprint density at radius 1 is 1.47 bits per heavy atom. The summed E-state index contributed by atoms with van der Waals surface area (Å²) in [6.45, 7) is 0.462. The number of carbonyl (C=O) groups excluding carboxylic acids is 1. The van der Waals surface area contributed by atoms with Crippen LogP contribution >= 0.6 is 0 Å². The molecule has 1 heterocycles. The van der Waals surface area contributed by atoms with E-state index in [1.807, 2.05) is 0 Å². The van der Waals surface area contributed by atoms with Gasteiger partial charge in [0.05, 0.1) is 17.9 Å². The molecule has 4 N–H and O–H groups in total. The number of anilines is 2. The van der Waals surface area contributed by atoms with E-state index in [1.54, 1.807) is 32.3 Å². The summed E-state index contributed by atoms with van der Waals surface area (Å²) in [6, 6.07) is 5.14. The summed E-state index contributed by atoms with van der Waals surface area (Å²) >= 11 is 0. The van der Waals surface area contributed by atoms with E-state index in [-0.39, 0.29) is 5.91 Å². The molecule has 19 heavy (non-hydrogen) atoms. The minimum atomic E-state index is -0.0669. The molecular formula is C12H16N6O. The van der Waals surface area contributed by atoms with Gasteiger partial charge in [-0.1, -0.05) is 0 Å². The van der Waals surface area contributed by atoms with E-state index < -0.39 is 0 Å². The van der Waals surface area contributed by atoms with Gasteiger partial charge in [0, 0.05) is 19.7 Å². The number of rotatable bonds is 4. The molecule has 7 nitrogen and oxygen atoms in total. The lowest BCUT2D eigenvalue weighted by molar-refractivity contribution is 0.0827. The van der Waals surface area contributed by atoms with Gasteiger partial charge in [-0.3, -0.25) is 9.89 Å². The van der Waals surface area contributed by atoms with Crippen molar-refractivity contribution in [2.24, 2.45) is 0 Å². The van der Waals surface area contributed by atoms with Crippen molar-refractivity contribution in [3.05, 3.63) is 35.9 Å². The number of aromatic nitrogens is 3. The maximum absolute atomic E-state index is 11.9. The molecule has 2 aromatic rings. The van der Waals surface area contributed by atoms with Crippen molar-refractivity contribution in [3.8, 4) is 0 Å². The van der Waals surface area contributed by atoms with Gasteiger partial charge >= 0.3 is 0 Å². The van der Waals surface area contributed by atoms with Crippen molar-refractivity contribution in [1.29, 1.82) is 0 Å². The van der Waals surface area contributed by atoms with E-state index in [0.717, 1.165) is 0 Å². The summed E-state index contributed by atoms with van der Waals surface area (Å²) in [4.78, 5) is 17.4. The zero-order valence-electron chi connectivity index (χ0n) is 10.8. The molecule has 0 aliphatic heterocycles. The van der Waals surface area contributed by atoms with E-state index >= 15 is 0 Å². The van der Waals surface area contributed by atoms with Gasteiger partial charge in [0.25, 0.3) is 5.91 Å². The van der Waals surface area contributed by atoms with Crippen LogP contribution in [-0.4, -0.2) is 40.1 Å². The summed E-state index contributed by atoms with van der Waals surface area (Å²) in [5.74, 6) is 0.631. The number of aromatic amines is 1. The Kier molecular flexibility index (Phi) is 3.65. The number of benzene rings is 1. The highest BCUT2D eigenvalue weighted by atomic mass is 16.2. The van der Waals surface area contributed by atoms with Gasteiger partial charge < -0.3 is 16.0 Å². The fourth-order valence-corrected chi connectivity index (χ4v) is 1.60. The lowest BCUT2D eigenvalue weighted by Crippen LogP contribution is -2.21. The van der Waals surface area contributed by atoms with Crippen molar-refractivity contribution in [1.82, 2.24) is 20.1 Å². The first-order valence-electron chi connectivity index (χ1n) is 5.77. The average molecular weight is 260 g/mol. The summed E-state index contributed by atoms with van der Waals surface area (Å²) in [7, 11) is 3.42. The van der Waals surface area contributed by atoms with E-state index in [1.165, 1.54) is 11.2 Å². The van der Waals surface area contributed by atoms with Crippen LogP contribution in [0.15, 0.2) is 24.5 Å². The molecule has 0 unspecified atom stereocenters. The number of nitrogens with zero attached hydrogens (tertiary/aromatic N) is 3. The second kappa shape index (κ2) is 5.38. The molecule has 2 rings (SSSR count). The van der Waals surface area contributed by atoms with Crippen LogP contribution in [0.25, 0.3) is 0 Å². The van der Waals surface area contributed by atoms with Crippen LogP contribution in [0.3, 0.4) is 0 Å². The lowest BCUT2D eigenvalue weighted by atomic mass is 10.1. The second-order valence-electron chi connectivity index (χ2n) is 4.29. The molecule has 7 heteroatoms. The number of carbonyl (C=O) groups is 1. The first-order chi connectivity index (χ1) is 9.08. The van der Waals surface area contributed by atoms with E-state index in [2.05, 4.69) is 20.5 Å². The molecule has 0 saturated heterocycles. The Morgan fingerprint density at radius 2 is 2.26 bits per heavy atom. The Balaban J connectivity index is 2.15. The van der Waals surface area contributed by atoms with E-state index in [0.29, 0.717) is 29.3 Å². The molecule has 0 radical (unpaired) electrons. The molecule has 1 amide bonds. The van der Waals surface area contributed by atoms with Gasteiger partial charge in [-0.15, -0.1) is 0 Å².